The van der Waals surface area contributed by atoms with Crippen LogP contribution < -0.4 is 5.32 Å². The first kappa shape index (κ1) is 11.8. The van der Waals surface area contributed by atoms with Crippen molar-refractivity contribution in [2.24, 2.45) is 0 Å². The number of hydrogen-bond acceptors (Lipinski definition) is 6. The zero-order valence-electron chi connectivity index (χ0n) is 9.98. The van der Waals surface area contributed by atoms with Crippen LogP contribution in [0, 0.1) is 6.92 Å². The van der Waals surface area contributed by atoms with Crippen LogP contribution in [-0.4, -0.2) is 32.2 Å². The van der Waals surface area contributed by atoms with Crippen LogP contribution in [0.15, 0.2) is 16.2 Å². The van der Waals surface area contributed by atoms with Gasteiger partial charge in [-0.2, -0.15) is 0 Å². The Morgan fingerprint density at radius 1 is 1.35 bits per heavy atom. The van der Waals surface area contributed by atoms with Crippen LogP contribution in [0.25, 0.3) is 0 Å². The number of rotatable bonds is 4. The third-order valence-corrected chi connectivity index (χ3v) is 2.88. The fraction of sp³-hybridized carbons (Fsp3) is 0.400. The molecule has 0 aliphatic heterocycles. The Bertz CT molecular complexity index is 487. The van der Waals surface area contributed by atoms with E-state index >= 15 is 0 Å². The first-order valence-corrected chi connectivity index (χ1v) is 6.15. The van der Waals surface area contributed by atoms with Crippen molar-refractivity contribution in [1.29, 1.82) is 0 Å². The summed E-state index contributed by atoms with van der Waals surface area (Å²) in [5.41, 5.74) is 0. The average Bonchev–Trinajstić information content (AvgIpc) is 2.74. The molecule has 0 saturated carbocycles. The monoisotopic (exact) mass is 250 g/mol. The molecule has 0 atom stereocenters. The Hall–Kier alpha value is -1.63. The summed E-state index contributed by atoms with van der Waals surface area (Å²) in [5.74, 6) is 2.42. The molecule has 2 aromatic rings. The van der Waals surface area contributed by atoms with Crippen LogP contribution >= 0.6 is 11.8 Å². The van der Waals surface area contributed by atoms with Crippen LogP contribution in [0.3, 0.4) is 0 Å². The number of nitrogens with one attached hydrogen (secondary N) is 2. The van der Waals surface area contributed by atoms with Crippen LogP contribution in [0.5, 0.6) is 0 Å². The molecule has 0 radical (unpaired) electrons. The van der Waals surface area contributed by atoms with Crippen molar-refractivity contribution in [2.75, 3.05) is 12.4 Å². The molecule has 0 unspecified atom stereocenters. The van der Waals surface area contributed by atoms with Gasteiger partial charge < -0.3 is 5.32 Å². The minimum absolute atomic E-state index is 0.672. The molecule has 0 bridgehead atoms. The normalized spacial score (nSPS) is 10.5. The number of H-pyrrole nitrogens is 1. The molecule has 0 aliphatic rings. The Labute approximate surface area is 104 Å². The molecule has 0 fully saturated rings. The van der Waals surface area contributed by atoms with E-state index in [-0.39, 0.29) is 0 Å². The number of anilines is 1. The van der Waals surface area contributed by atoms with Gasteiger partial charge in [-0.05, 0) is 18.7 Å². The summed E-state index contributed by atoms with van der Waals surface area (Å²) in [7, 11) is 1.84. The fourth-order valence-electron chi connectivity index (χ4n) is 1.27. The molecule has 0 aliphatic carbocycles. The zero-order chi connectivity index (χ0) is 12.3. The average molecular weight is 250 g/mol. The number of hydrogen-bond donors (Lipinski definition) is 2. The van der Waals surface area contributed by atoms with Gasteiger partial charge in [0.25, 0.3) is 0 Å². The Balaban J connectivity index is 2.25. The second-order valence-corrected chi connectivity index (χ2v) is 4.40. The largest absolute Gasteiger partial charge is 0.373 e. The van der Waals surface area contributed by atoms with E-state index in [1.807, 2.05) is 27.0 Å². The van der Waals surface area contributed by atoms with Gasteiger partial charge >= 0.3 is 0 Å². The van der Waals surface area contributed by atoms with E-state index in [1.54, 1.807) is 0 Å². The van der Waals surface area contributed by atoms with Gasteiger partial charge in [-0.25, -0.2) is 15.0 Å². The third-order valence-electron chi connectivity index (χ3n) is 2.09. The number of aryl methyl sites for hydroxylation is 2. The van der Waals surface area contributed by atoms with Gasteiger partial charge in [0.2, 0.25) is 5.16 Å². The summed E-state index contributed by atoms with van der Waals surface area (Å²) >= 11 is 1.42. The lowest BCUT2D eigenvalue weighted by atomic mass is 10.4. The maximum absolute atomic E-state index is 4.42. The number of aromatic nitrogens is 5. The SMILES string of the molecule is CCc1nc(NC)cc(Sc2n[nH]c(C)n2)n1. The molecule has 2 heterocycles. The van der Waals surface area contributed by atoms with E-state index in [0.717, 1.165) is 28.9 Å². The molecule has 2 N–H and O–H groups in total. The van der Waals surface area contributed by atoms with E-state index in [0.29, 0.717) is 5.16 Å². The molecule has 2 aromatic heterocycles. The lowest BCUT2D eigenvalue weighted by molar-refractivity contribution is 0.886. The minimum Gasteiger partial charge on any atom is -0.373 e. The van der Waals surface area contributed by atoms with E-state index < -0.39 is 0 Å². The number of nitrogens with zero attached hydrogens (tertiary/aromatic N) is 4. The highest BCUT2D eigenvalue weighted by Gasteiger charge is 2.07. The van der Waals surface area contributed by atoms with Gasteiger partial charge in [0, 0.05) is 19.5 Å². The van der Waals surface area contributed by atoms with Gasteiger partial charge in [0.1, 0.15) is 22.5 Å². The molecule has 0 spiro atoms. The maximum atomic E-state index is 4.42. The van der Waals surface area contributed by atoms with E-state index in [1.165, 1.54) is 11.8 Å². The highest BCUT2D eigenvalue weighted by molar-refractivity contribution is 7.99. The van der Waals surface area contributed by atoms with Gasteiger partial charge in [0.05, 0.1) is 0 Å². The lowest BCUT2D eigenvalue weighted by Gasteiger charge is -2.04. The second kappa shape index (κ2) is 5.13. The molecule has 6 nitrogen and oxygen atoms in total. The topological polar surface area (TPSA) is 79.4 Å². The van der Waals surface area contributed by atoms with E-state index in [9.17, 15) is 0 Å². The summed E-state index contributed by atoms with van der Waals surface area (Å²) in [4.78, 5) is 13.0. The highest BCUT2D eigenvalue weighted by atomic mass is 32.2. The van der Waals surface area contributed by atoms with Gasteiger partial charge in [-0.1, -0.05) is 6.92 Å². The zero-order valence-corrected chi connectivity index (χ0v) is 10.8. The Kier molecular flexibility index (Phi) is 3.58. The maximum Gasteiger partial charge on any atom is 0.214 e. The molecule has 17 heavy (non-hydrogen) atoms. The van der Waals surface area contributed by atoms with E-state index in [2.05, 4.69) is 30.5 Å². The Morgan fingerprint density at radius 2 is 2.18 bits per heavy atom. The van der Waals surface area contributed by atoms with Crippen molar-refractivity contribution in [3.05, 3.63) is 17.7 Å². The third kappa shape index (κ3) is 2.94. The summed E-state index contributed by atoms with van der Waals surface area (Å²) in [6, 6.07) is 1.88. The number of aromatic amines is 1. The predicted octanol–water partition coefficient (Wildman–Crippen LogP) is 1.66. The highest BCUT2D eigenvalue weighted by Crippen LogP contribution is 2.24. The van der Waals surface area contributed by atoms with Crippen molar-refractivity contribution in [2.45, 2.75) is 30.5 Å². The molecule has 2 rings (SSSR count). The first-order valence-electron chi connectivity index (χ1n) is 5.34. The summed E-state index contributed by atoms with van der Waals surface area (Å²) < 4.78 is 0. The molecule has 0 amide bonds. The summed E-state index contributed by atoms with van der Waals surface area (Å²) in [6.45, 7) is 3.90. The van der Waals surface area contributed by atoms with Crippen molar-refractivity contribution >= 4 is 17.6 Å². The van der Waals surface area contributed by atoms with Crippen molar-refractivity contribution in [3.8, 4) is 0 Å². The second-order valence-electron chi connectivity index (χ2n) is 3.42. The molecule has 90 valence electrons. The van der Waals surface area contributed by atoms with Crippen molar-refractivity contribution in [1.82, 2.24) is 25.1 Å². The standard InChI is InChI=1S/C10H14N6S/c1-4-7-13-8(11-3)5-9(14-7)17-10-12-6(2)15-16-10/h5H,4H2,1-3H3,(H,11,13,14)(H,12,15,16). The van der Waals surface area contributed by atoms with Crippen LogP contribution in [0.1, 0.15) is 18.6 Å². The van der Waals surface area contributed by atoms with Crippen molar-refractivity contribution in [3.63, 3.8) is 0 Å². The van der Waals surface area contributed by atoms with Crippen molar-refractivity contribution < 1.29 is 0 Å². The Morgan fingerprint density at radius 3 is 2.76 bits per heavy atom. The first-order chi connectivity index (χ1) is 8.21. The van der Waals surface area contributed by atoms with Crippen LogP contribution in [0.4, 0.5) is 5.82 Å². The molecular formula is C10H14N6S. The van der Waals surface area contributed by atoms with Crippen LogP contribution in [0.2, 0.25) is 0 Å². The summed E-state index contributed by atoms with van der Waals surface area (Å²) in [5, 5.41) is 11.4. The van der Waals surface area contributed by atoms with E-state index in [4.69, 9.17) is 0 Å². The molecule has 7 heteroatoms. The predicted molar refractivity (Wildman–Crippen MR) is 66.2 cm³/mol. The van der Waals surface area contributed by atoms with Gasteiger partial charge in [0.15, 0.2) is 0 Å². The van der Waals surface area contributed by atoms with Gasteiger partial charge in [-0.15, -0.1) is 5.10 Å². The minimum atomic E-state index is 0.672. The molecule has 0 aromatic carbocycles. The quantitative estimate of drug-likeness (QED) is 0.803. The molecule has 0 saturated heterocycles. The van der Waals surface area contributed by atoms with Crippen LogP contribution in [-0.2, 0) is 6.42 Å². The summed E-state index contributed by atoms with van der Waals surface area (Å²) in [6.07, 6.45) is 0.802. The smallest absolute Gasteiger partial charge is 0.214 e. The molecular weight excluding hydrogens is 236 g/mol. The lowest BCUT2D eigenvalue weighted by Crippen LogP contribution is -2.00. The fourth-order valence-corrected chi connectivity index (χ4v) is 2.06. The van der Waals surface area contributed by atoms with Gasteiger partial charge in [-0.3, -0.25) is 5.10 Å².